The van der Waals surface area contributed by atoms with E-state index in [-0.39, 0.29) is 0 Å². The Bertz CT molecular complexity index is 615. The van der Waals surface area contributed by atoms with Gasteiger partial charge in [0.1, 0.15) is 0 Å². The second-order valence-electron chi connectivity index (χ2n) is 12.8. The van der Waals surface area contributed by atoms with E-state index >= 15 is 0 Å². The molecule has 0 N–H and O–H groups in total. The Labute approximate surface area is 204 Å². The maximum absolute atomic E-state index is 4.19. The molecule has 7 unspecified atom stereocenters. The molecule has 0 heterocycles. The van der Waals surface area contributed by atoms with Gasteiger partial charge in [0.2, 0.25) is 0 Å². The van der Waals surface area contributed by atoms with Crippen molar-refractivity contribution < 1.29 is 0 Å². The van der Waals surface area contributed by atoms with Gasteiger partial charge in [0.15, 0.2) is 0 Å². The number of allylic oxidation sites excluding steroid dienone is 2. The SMILES string of the molecule is C#P.CC(C)CCCCC1CCC2C3CC=C4CC(C)CCC4(C)C3CCC12C.CCC. The van der Waals surface area contributed by atoms with Crippen LogP contribution in [0.5, 0.6) is 0 Å². The molecule has 0 amide bonds. The predicted molar refractivity (Wildman–Crippen MR) is 145 cm³/mol. The summed E-state index contributed by atoms with van der Waals surface area (Å²) in [4.78, 5) is 0. The van der Waals surface area contributed by atoms with Crippen molar-refractivity contribution in [3.8, 4) is 6.13 Å². The molecule has 0 spiro atoms. The van der Waals surface area contributed by atoms with Gasteiger partial charge in [0.05, 0.1) is 0 Å². The Kier molecular flexibility index (Phi) is 11.1. The minimum atomic E-state index is 0.562. The van der Waals surface area contributed by atoms with Gasteiger partial charge in [-0.15, -0.1) is 0 Å². The van der Waals surface area contributed by atoms with Crippen molar-refractivity contribution >= 4 is 8.70 Å². The number of rotatable bonds is 5. The van der Waals surface area contributed by atoms with E-state index in [1.54, 1.807) is 6.42 Å². The Morgan fingerprint density at radius 1 is 1.00 bits per heavy atom. The van der Waals surface area contributed by atoms with Crippen LogP contribution in [0, 0.1) is 52.5 Å². The number of hydrogen-bond acceptors (Lipinski definition) is 0. The summed E-state index contributed by atoms with van der Waals surface area (Å²) in [5.74, 6) is 5.88. The van der Waals surface area contributed by atoms with E-state index in [1.807, 2.05) is 5.57 Å². The molecule has 3 fully saturated rings. The summed E-state index contributed by atoms with van der Waals surface area (Å²) in [6.45, 7) is 16.9. The summed E-state index contributed by atoms with van der Waals surface area (Å²) in [7, 11) is 3.03. The average molecular weight is 459 g/mol. The third kappa shape index (κ3) is 5.95. The molecule has 1 heteroatoms. The van der Waals surface area contributed by atoms with Crippen LogP contribution < -0.4 is 0 Å². The van der Waals surface area contributed by atoms with Gasteiger partial charge in [-0.2, -0.15) is 0 Å². The zero-order chi connectivity index (χ0) is 23.9. The fourth-order valence-corrected chi connectivity index (χ4v) is 8.37. The average Bonchev–Trinajstić information content (AvgIpc) is 3.10. The summed E-state index contributed by atoms with van der Waals surface area (Å²) in [5, 5.41) is 0. The molecule has 4 aliphatic rings. The molecule has 0 bridgehead atoms. The van der Waals surface area contributed by atoms with Crippen molar-refractivity contribution in [1.82, 2.24) is 0 Å². The van der Waals surface area contributed by atoms with E-state index in [2.05, 4.69) is 69.4 Å². The number of fused-ring (bicyclic) bond motifs is 5. The van der Waals surface area contributed by atoms with Gasteiger partial charge in [-0.3, -0.25) is 0 Å². The summed E-state index contributed by atoms with van der Waals surface area (Å²) in [5.41, 5.74) is 3.10. The van der Waals surface area contributed by atoms with E-state index in [9.17, 15) is 0 Å². The fraction of sp³-hybridized carbons (Fsp3) is 0.903. The van der Waals surface area contributed by atoms with Gasteiger partial charge in [-0.05, 0) is 104 Å². The van der Waals surface area contributed by atoms with Gasteiger partial charge in [-0.1, -0.05) is 85.8 Å². The van der Waals surface area contributed by atoms with E-state index in [0.717, 1.165) is 35.5 Å². The summed E-state index contributed by atoms with van der Waals surface area (Å²) in [6, 6.07) is 0. The normalized spacial score (nSPS) is 39.9. The van der Waals surface area contributed by atoms with Gasteiger partial charge >= 0.3 is 14.8 Å². The van der Waals surface area contributed by atoms with E-state index < -0.39 is 0 Å². The zero-order valence-electron chi connectivity index (χ0n) is 22.8. The smallest absolute Gasteiger partial charge is 0.00851 e. The molecule has 0 aromatic heterocycles. The zero-order valence-corrected chi connectivity index (χ0v) is 23.7. The van der Waals surface area contributed by atoms with Crippen LogP contribution >= 0.6 is 8.70 Å². The van der Waals surface area contributed by atoms with Gasteiger partial charge in [-0.25, -0.2) is 0 Å². The molecule has 0 aliphatic heterocycles. The van der Waals surface area contributed by atoms with E-state index in [0.29, 0.717) is 10.8 Å². The molecule has 4 aliphatic carbocycles. The second-order valence-corrected chi connectivity index (χ2v) is 12.8. The Hall–Kier alpha value is -0.0500. The van der Waals surface area contributed by atoms with Crippen molar-refractivity contribution in [1.29, 1.82) is 0 Å². The van der Waals surface area contributed by atoms with Crippen molar-refractivity contribution in [2.45, 2.75) is 132 Å². The molecule has 32 heavy (non-hydrogen) atoms. The number of unbranched alkanes of at least 4 members (excludes halogenated alkanes) is 1. The van der Waals surface area contributed by atoms with Crippen LogP contribution in [0.1, 0.15) is 132 Å². The summed E-state index contributed by atoms with van der Waals surface area (Å²) in [6.07, 6.45) is 26.0. The van der Waals surface area contributed by atoms with Gasteiger partial charge in [0, 0.05) is 0 Å². The quantitative estimate of drug-likeness (QED) is 0.218. The molecule has 0 nitrogen and oxygen atoms in total. The standard InChI is InChI=1S/C27H46.C3H8.CHP/c1-19(2)8-6-7-9-21-11-13-24-23-12-10-22-18-20(3)14-16-27(22,5)25(23)15-17-26(21,24)4;1-3-2;1-2/h10,19-21,23-25H,6-9,11-18H2,1-5H3;3H2,1-2H3;1H. The second kappa shape index (κ2) is 12.6. The minimum Gasteiger partial charge on any atom is -0.0845 e. The first kappa shape index (κ1) is 28.2. The largest absolute Gasteiger partial charge is 0.0845 e. The van der Waals surface area contributed by atoms with Crippen LogP contribution in [0.3, 0.4) is 0 Å². The molecule has 3 saturated carbocycles. The van der Waals surface area contributed by atoms with Crippen molar-refractivity contribution in [2.75, 3.05) is 0 Å². The number of hydrogen-bond donors (Lipinski definition) is 0. The van der Waals surface area contributed by atoms with Crippen LogP contribution in [-0.4, -0.2) is 0 Å². The summed E-state index contributed by atoms with van der Waals surface area (Å²) >= 11 is 0. The van der Waals surface area contributed by atoms with Crippen molar-refractivity contribution in [2.24, 2.45) is 46.3 Å². The maximum Gasteiger partial charge on any atom is -0.00851 e. The topological polar surface area (TPSA) is 0 Å². The minimum absolute atomic E-state index is 0.562. The summed E-state index contributed by atoms with van der Waals surface area (Å²) < 4.78 is 0. The monoisotopic (exact) mass is 458 g/mol. The molecule has 0 radical (unpaired) electrons. The van der Waals surface area contributed by atoms with Crippen molar-refractivity contribution in [3.05, 3.63) is 11.6 Å². The molecular formula is C31H55P. The van der Waals surface area contributed by atoms with Crippen LogP contribution in [0.15, 0.2) is 11.6 Å². The van der Waals surface area contributed by atoms with Crippen molar-refractivity contribution in [3.63, 3.8) is 0 Å². The first-order valence-corrected chi connectivity index (χ1v) is 14.7. The molecular weight excluding hydrogens is 403 g/mol. The molecule has 4 rings (SSSR count). The fourth-order valence-electron chi connectivity index (χ4n) is 8.37. The first-order valence-electron chi connectivity index (χ1n) is 14.2. The van der Waals surface area contributed by atoms with Crippen LogP contribution in [-0.2, 0) is 0 Å². The Balaban J connectivity index is 0.000000671. The third-order valence-electron chi connectivity index (χ3n) is 10.1. The maximum atomic E-state index is 4.19. The van der Waals surface area contributed by atoms with Crippen LogP contribution in [0.2, 0.25) is 0 Å². The molecule has 0 aromatic carbocycles. The van der Waals surface area contributed by atoms with E-state index in [1.165, 1.54) is 77.0 Å². The first-order chi connectivity index (χ1) is 15.3. The van der Waals surface area contributed by atoms with E-state index in [4.69, 9.17) is 0 Å². The Morgan fingerprint density at radius 2 is 1.69 bits per heavy atom. The third-order valence-corrected chi connectivity index (χ3v) is 10.1. The predicted octanol–water partition coefficient (Wildman–Crippen LogP) is 10.8. The Morgan fingerprint density at radius 3 is 2.34 bits per heavy atom. The molecule has 0 aromatic rings. The molecule has 184 valence electrons. The molecule has 0 saturated heterocycles. The van der Waals surface area contributed by atoms with Gasteiger partial charge < -0.3 is 0 Å². The van der Waals surface area contributed by atoms with Gasteiger partial charge in [0.25, 0.3) is 0 Å². The van der Waals surface area contributed by atoms with Crippen LogP contribution in [0.4, 0.5) is 0 Å². The molecule has 7 atom stereocenters. The van der Waals surface area contributed by atoms with Crippen LogP contribution in [0.25, 0.3) is 0 Å².